The number of halogens is 1. The van der Waals surface area contributed by atoms with Crippen LogP contribution in [-0.4, -0.2) is 28.1 Å². The zero-order valence-corrected chi connectivity index (χ0v) is 18.1. The minimum Gasteiger partial charge on any atom is -0.390 e. The van der Waals surface area contributed by atoms with Crippen LogP contribution < -0.4 is 0 Å². The maximum atomic E-state index is 12.9. The fourth-order valence-electron chi connectivity index (χ4n) is 3.11. The van der Waals surface area contributed by atoms with Crippen molar-refractivity contribution < 1.29 is 9.90 Å². The lowest BCUT2D eigenvalue weighted by atomic mass is 10.0. The average molecular weight is 432 g/mol. The van der Waals surface area contributed by atoms with Crippen LogP contribution in [0.15, 0.2) is 59.1 Å². The largest absolute Gasteiger partial charge is 0.390 e. The Hall–Kier alpha value is -1.65. The van der Waals surface area contributed by atoms with Crippen LogP contribution in [0, 0.1) is 0 Å². The predicted molar refractivity (Wildman–Crippen MR) is 115 cm³/mol. The Morgan fingerprint density at radius 3 is 2.33 bits per heavy atom. The van der Waals surface area contributed by atoms with Crippen molar-refractivity contribution in [3.8, 4) is 0 Å². The Kier molecular flexibility index (Phi) is 8.06. The van der Waals surface area contributed by atoms with E-state index in [2.05, 4.69) is 47.1 Å². The lowest BCUT2D eigenvalue weighted by molar-refractivity contribution is -0.134. The lowest BCUT2D eigenvalue weighted by Gasteiger charge is -2.31. The van der Waals surface area contributed by atoms with Crippen molar-refractivity contribution in [1.29, 1.82) is 0 Å². The standard InChI is InChI=1S/C23H30BrNO2/c1-18(20-11-13-21(24)14-12-20)25(22(26)15-16-23(2,3)27)17-7-10-19-8-5-4-6-9-19/h4-6,8-9,11-14,18,27H,7,10,15-17H2,1-3H3/t18-/m0/s1. The Balaban J connectivity index is 2.06. The maximum Gasteiger partial charge on any atom is 0.223 e. The van der Waals surface area contributed by atoms with E-state index in [4.69, 9.17) is 0 Å². The molecule has 0 saturated heterocycles. The number of amides is 1. The monoisotopic (exact) mass is 431 g/mol. The molecule has 0 saturated carbocycles. The summed E-state index contributed by atoms with van der Waals surface area (Å²) < 4.78 is 1.03. The van der Waals surface area contributed by atoms with E-state index in [0.717, 1.165) is 22.9 Å². The zero-order chi connectivity index (χ0) is 19.9. The first kappa shape index (κ1) is 21.6. The van der Waals surface area contributed by atoms with Gasteiger partial charge in [0.25, 0.3) is 0 Å². The number of aliphatic hydroxyl groups is 1. The third-order valence-electron chi connectivity index (χ3n) is 4.80. The van der Waals surface area contributed by atoms with Crippen molar-refractivity contribution in [3.63, 3.8) is 0 Å². The summed E-state index contributed by atoms with van der Waals surface area (Å²) in [6.07, 6.45) is 2.69. The number of nitrogens with zero attached hydrogens (tertiary/aromatic N) is 1. The summed E-state index contributed by atoms with van der Waals surface area (Å²) in [7, 11) is 0. The third kappa shape index (κ3) is 7.47. The molecule has 0 bridgehead atoms. The highest BCUT2D eigenvalue weighted by molar-refractivity contribution is 9.10. The highest BCUT2D eigenvalue weighted by atomic mass is 79.9. The number of benzene rings is 2. The Bertz CT molecular complexity index is 707. The first-order valence-electron chi connectivity index (χ1n) is 9.57. The van der Waals surface area contributed by atoms with Crippen molar-refractivity contribution in [1.82, 2.24) is 4.90 Å². The molecule has 3 nitrogen and oxygen atoms in total. The van der Waals surface area contributed by atoms with E-state index in [1.54, 1.807) is 13.8 Å². The number of hydrogen-bond donors (Lipinski definition) is 1. The van der Waals surface area contributed by atoms with Crippen molar-refractivity contribution >= 4 is 21.8 Å². The van der Waals surface area contributed by atoms with Crippen LogP contribution in [0.1, 0.15) is 57.2 Å². The molecule has 0 spiro atoms. The van der Waals surface area contributed by atoms with Crippen LogP contribution >= 0.6 is 15.9 Å². The van der Waals surface area contributed by atoms with Crippen LogP contribution in [0.25, 0.3) is 0 Å². The molecular formula is C23H30BrNO2. The summed E-state index contributed by atoms with van der Waals surface area (Å²) in [5.74, 6) is 0.0978. The summed E-state index contributed by atoms with van der Waals surface area (Å²) in [6, 6.07) is 18.5. The summed E-state index contributed by atoms with van der Waals surface area (Å²) in [6.45, 7) is 6.28. The first-order valence-corrected chi connectivity index (χ1v) is 10.4. The molecule has 2 rings (SSSR count). The number of carbonyl (C=O) groups excluding carboxylic acids is 1. The molecule has 1 N–H and O–H groups in total. The van der Waals surface area contributed by atoms with Crippen LogP contribution in [0.3, 0.4) is 0 Å². The molecule has 0 aliphatic carbocycles. The fraction of sp³-hybridized carbons (Fsp3) is 0.435. The van der Waals surface area contributed by atoms with Crippen molar-refractivity contribution in [2.24, 2.45) is 0 Å². The van der Waals surface area contributed by atoms with Gasteiger partial charge in [-0.05, 0) is 63.3 Å². The quantitative estimate of drug-likeness (QED) is 0.567. The first-order chi connectivity index (χ1) is 12.8. The second-order valence-electron chi connectivity index (χ2n) is 7.72. The van der Waals surface area contributed by atoms with Gasteiger partial charge in [-0.15, -0.1) is 0 Å². The van der Waals surface area contributed by atoms with Crippen molar-refractivity contribution in [3.05, 3.63) is 70.2 Å². The van der Waals surface area contributed by atoms with Gasteiger partial charge in [0.1, 0.15) is 0 Å². The molecule has 0 unspecified atom stereocenters. The van der Waals surface area contributed by atoms with Gasteiger partial charge in [0.05, 0.1) is 11.6 Å². The number of rotatable bonds is 9. The number of hydrogen-bond acceptors (Lipinski definition) is 2. The van der Waals surface area contributed by atoms with Crippen molar-refractivity contribution in [2.75, 3.05) is 6.54 Å². The topological polar surface area (TPSA) is 40.5 Å². The van der Waals surface area contributed by atoms with Crippen molar-refractivity contribution in [2.45, 2.75) is 58.1 Å². The van der Waals surface area contributed by atoms with Gasteiger partial charge in [0.15, 0.2) is 0 Å². The Morgan fingerprint density at radius 1 is 1.11 bits per heavy atom. The Labute approximate surface area is 171 Å². The normalized spacial score (nSPS) is 12.6. The highest BCUT2D eigenvalue weighted by Crippen LogP contribution is 2.24. The van der Waals surface area contributed by atoms with Gasteiger partial charge >= 0.3 is 0 Å². The highest BCUT2D eigenvalue weighted by Gasteiger charge is 2.23. The molecular weight excluding hydrogens is 402 g/mol. The molecule has 27 heavy (non-hydrogen) atoms. The molecule has 2 aromatic carbocycles. The molecule has 146 valence electrons. The molecule has 2 aromatic rings. The van der Waals surface area contributed by atoms with Crippen LogP contribution in [0.5, 0.6) is 0 Å². The van der Waals surface area contributed by atoms with Gasteiger partial charge in [-0.3, -0.25) is 4.79 Å². The number of carbonyl (C=O) groups is 1. The second kappa shape index (κ2) is 10.0. The van der Waals surface area contributed by atoms with E-state index >= 15 is 0 Å². The van der Waals surface area contributed by atoms with E-state index < -0.39 is 5.60 Å². The fourth-order valence-corrected chi connectivity index (χ4v) is 3.37. The molecule has 1 amide bonds. The molecule has 0 fully saturated rings. The summed E-state index contributed by atoms with van der Waals surface area (Å²) in [5.41, 5.74) is 1.58. The molecule has 4 heteroatoms. The average Bonchev–Trinajstić information content (AvgIpc) is 2.64. The molecule has 0 aromatic heterocycles. The number of aryl methyl sites for hydroxylation is 1. The molecule has 0 aliphatic rings. The molecule has 0 radical (unpaired) electrons. The summed E-state index contributed by atoms with van der Waals surface area (Å²) >= 11 is 3.47. The minimum atomic E-state index is -0.827. The second-order valence-corrected chi connectivity index (χ2v) is 8.63. The third-order valence-corrected chi connectivity index (χ3v) is 5.33. The van der Waals surface area contributed by atoms with Crippen LogP contribution in [-0.2, 0) is 11.2 Å². The van der Waals surface area contributed by atoms with E-state index in [9.17, 15) is 9.90 Å². The summed E-state index contributed by atoms with van der Waals surface area (Å²) in [4.78, 5) is 14.9. The van der Waals surface area contributed by atoms with Gasteiger partial charge in [0.2, 0.25) is 5.91 Å². The minimum absolute atomic E-state index is 0.00294. The molecule has 0 aliphatic heterocycles. The SMILES string of the molecule is C[C@@H](c1ccc(Br)cc1)N(CCCc1ccccc1)C(=O)CCC(C)(C)O. The smallest absolute Gasteiger partial charge is 0.223 e. The van der Waals surface area contributed by atoms with E-state index in [0.29, 0.717) is 19.4 Å². The van der Waals surface area contributed by atoms with E-state index in [1.165, 1.54) is 5.56 Å². The van der Waals surface area contributed by atoms with Gasteiger partial charge in [-0.25, -0.2) is 0 Å². The molecule has 0 heterocycles. The zero-order valence-electron chi connectivity index (χ0n) is 16.5. The maximum absolute atomic E-state index is 12.9. The van der Waals surface area contributed by atoms with Crippen LogP contribution in [0.4, 0.5) is 0 Å². The lowest BCUT2D eigenvalue weighted by Crippen LogP contribution is -2.36. The van der Waals surface area contributed by atoms with Gasteiger partial charge in [-0.2, -0.15) is 0 Å². The van der Waals surface area contributed by atoms with Gasteiger partial charge in [-0.1, -0.05) is 58.4 Å². The van der Waals surface area contributed by atoms with Gasteiger partial charge < -0.3 is 10.0 Å². The van der Waals surface area contributed by atoms with Crippen LogP contribution in [0.2, 0.25) is 0 Å². The predicted octanol–water partition coefficient (Wildman–Crippen LogP) is 5.52. The molecule has 1 atom stereocenters. The van der Waals surface area contributed by atoms with Gasteiger partial charge in [0, 0.05) is 17.4 Å². The summed E-state index contributed by atoms with van der Waals surface area (Å²) in [5, 5.41) is 9.98. The Morgan fingerprint density at radius 2 is 1.74 bits per heavy atom. The van der Waals surface area contributed by atoms with E-state index in [1.807, 2.05) is 35.2 Å². The van der Waals surface area contributed by atoms with E-state index in [-0.39, 0.29) is 11.9 Å².